The number of hydrogen-bond acceptors (Lipinski definition) is 5. The summed E-state index contributed by atoms with van der Waals surface area (Å²) >= 11 is 1.66. The highest BCUT2D eigenvalue weighted by Crippen LogP contribution is 2.35. The molecule has 2 heterocycles. The third-order valence-electron chi connectivity index (χ3n) is 4.52. The molecule has 2 aromatic heterocycles. The van der Waals surface area contributed by atoms with E-state index >= 15 is 0 Å². The lowest BCUT2D eigenvalue weighted by atomic mass is 10.0. The molecule has 5 nitrogen and oxygen atoms in total. The molecule has 0 unspecified atom stereocenters. The Morgan fingerprint density at radius 3 is 2.60 bits per heavy atom. The van der Waals surface area contributed by atoms with Crippen molar-refractivity contribution >= 4 is 17.4 Å². The lowest BCUT2D eigenvalue weighted by molar-refractivity contribution is 0.200. The van der Waals surface area contributed by atoms with Crippen molar-refractivity contribution in [2.75, 3.05) is 7.11 Å². The SMILES string of the molecule is COc1ccc(OC(=O)NCc2ccccc2)cc1-c1cncc(-c2cccs2)c1. The minimum absolute atomic E-state index is 0.398. The van der Waals surface area contributed by atoms with Gasteiger partial charge in [-0.2, -0.15) is 0 Å². The van der Waals surface area contributed by atoms with Crippen molar-refractivity contribution in [3.8, 4) is 33.1 Å². The summed E-state index contributed by atoms with van der Waals surface area (Å²) in [5.74, 6) is 1.11. The van der Waals surface area contributed by atoms with Crippen LogP contribution >= 0.6 is 11.3 Å². The fraction of sp³-hybridized carbons (Fsp3) is 0.0833. The van der Waals surface area contributed by atoms with E-state index in [1.54, 1.807) is 42.8 Å². The van der Waals surface area contributed by atoms with Gasteiger partial charge in [-0.05, 0) is 41.3 Å². The first-order valence-corrected chi connectivity index (χ1v) is 10.3. The smallest absolute Gasteiger partial charge is 0.412 e. The summed E-state index contributed by atoms with van der Waals surface area (Å²) in [5.41, 5.74) is 3.71. The van der Waals surface area contributed by atoms with Gasteiger partial charge in [-0.25, -0.2) is 4.79 Å². The van der Waals surface area contributed by atoms with Gasteiger partial charge in [-0.1, -0.05) is 36.4 Å². The molecule has 1 N–H and O–H groups in total. The molecule has 150 valence electrons. The summed E-state index contributed by atoms with van der Waals surface area (Å²) in [6.07, 6.45) is 3.09. The Kier molecular flexibility index (Phi) is 6.06. The fourth-order valence-corrected chi connectivity index (χ4v) is 3.76. The van der Waals surface area contributed by atoms with E-state index in [1.165, 1.54) is 0 Å². The molecule has 0 bridgehead atoms. The van der Waals surface area contributed by atoms with Crippen LogP contribution in [0.1, 0.15) is 5.56 Å². The second-order valence-corrected chi connectivity index (χ2v) is 7.48. The van der Waals surface area contributed by atoms with E-state index in [2.05, 4.69) is 22.4 Å². The Morgan fingerprint density at radius 2 is 1.83 bits per heavy atom. The number of amides is 1. The zero-order valence-electron chi connectivity index (χ0n) is 16.4. The highest BCUT2D eigenvalue weighted by Gasteiger charge is 2.12. The van der Waals surface area contributed by atoms with Crippen LogP contribution in [-0.2, 0) is 6.54 Å². The van der Waals surface area contributed by atoms with Crippen LogP contribution in [0.25, 0.3) is 21.6 Å². The van der Waals surface area contributed by atoms with E-state index in [9.17, 15) is 4.79 Å². The van der Waals surface area contributed by atoms with Crippen LogP contribution in [0.2, 0.25) is 0 Å². The molecule has 0 aliphatic heterocycles. The number of rotatable bonds is 6. The third kappa shape index (κ3) is 4.67. The minimum atomic E-state index is -0.513. The van der Waals surface area contributed by atoms with Crippen molar-refractivity contribution in [2.45, 2.75) is 6.54 Å². The molecule has 0 aliphatic carbocycles. The lowest BCUT2D eigenvalue weighted by Gasteiger charge is -2.12. The summed E-state index contributed by atoms with van der Waals surface area (Å²) in [6.45, 7) is 0.398. The Labute approximate surface area is 178 Å². The molecule has 30 heavy (non-hydrogen) atoms. The van der Waals surface area contributed by atoms with Crippen LogP contribution in [0.5, 0.6) is 11.5 Å². The molecule has 0 saturated carbocycles. The monoisotopic (exact) mass is 416 g/mol. The van der Waals surface area contributed by atoms with E-state index in [-0.39, 0.29) is 0 Å². The topological polar surface area (TPSA) is 60.5 Å². The van der Waals surface area contributed by atoms with E-state index in [0.717, 1.165) is 27.1 Å². The van der Waals surface area contributed by atoms with Gasteiger partial charge in [-0.3, -0.25) is 4.98 Å². The first kappa shape index (κ1) is 19.7. The average molecular weight is 417 g/mol. The van der Waals surface area contributed by atoms with Crippen molar-refractivity contribution in [3.63, 3.8) is 0 Å². The van der Waals surface area contributed by atoms with E-state index in [1.807, 2.05) is 48.0 Å². The second-order valence-electron chi connectivity index (χ2n) is 6.53. The number of nitrogens with one attached hydrogen (secondary N) is 1. The van der Waals surface area contributed by atoms with Crippen molar-refractivity contribution < 1.29 is 14.3 Å². The van der Waals surface area contributed by atoms with Crippen LogP contribution in [0.4, 0.5) is 4.79 Å². The van der Waals surface area contributed by atoms with Crippen molar-refractivity contribution in [2.24, 2.45) is 0 Å². The Balaban J connectivity index is 1.54. The Bertz CT molecular complexity index is 1130. The molecule has 2 aromatic carbocycles. The molecule has 4 aromatic rings. The maximum absolute atomic E-state index is 12.2. The minimum Gasteiger partial charge on any atom is -0.496 e. The highest BCUT2D eigenvalue weighted by atomic mass is 32.1. The largest absolute Gasteiger partial charge is 0.496 e. The quantitative estimate of drug-likeness (QED) is 0.433. The standard InChI is InChI=1S/C24H20N2O3S/c1-28-22-10-9-20(29-24(27)26-14-17-6-3-2-4-7-17)13-21(22)18-12-19(16-25-15-18)23-8-5-11-30-23/h2-13,15-16H,14H2,1H3,(H,26,27). The van der Waals surface area contributed by atoms with E-state index in [0.29, 0.717) is 18.0 Å². The Hall–Kier alpha value is -3.64. The number of carbonyl (C=O) groups excluding carboxylic acids is 1. The molecule has 0 aliphatic rings. The molecule has 0 radical (unpaired) electrons. The summed E-state index contributed by atoms with van der Waals surface area (Å²) in [6, 6.07) is 21.1. The van der Waals surface area contributed by atoms with Gasteiger partial charge < -0.3 is 14.8 Å². The van der Waals surface area contributed by atoms with Crippen LogP contribution in [-0.4, -0.2) is 18.2 Å². The molecule has 0 spiro atoms. The van der Waals surface area contributed by atoms with Crippen LogP contribution in [0.15, 0.2) is 84.5 Å². The number of carbonyl (C=O) groups is 1. The van der Waals surface area contributed by atoms with Gasteiger partial charge in [0.05, 0.1) is 7.11 Å². The molecular weight excluding hydrogens is 396 g/mol. The summed E-state index contributed by atoms with van der Waals surface area (Å²) in [4.78, 5) is 17.7. The lowest BCUT2D eigenvalue weighted by Crippen LogP contribution is -2.26. The van der Waals surface area contributed by atoms with Crippen LogP contribution < -0.4 is 14.8 Å². The molecular formula is C24H20N2O3S. The maximum Gasteiger partial charge on any atom is 0.412 e. The number of thiophene rings is 1. The first-order chi connectivity index (χ1) is 14.7. The number of pyridine rings is 1. The zero-order chi connectivity index (χ0) is 20.8. The highest BCUT2D eigenvalue weighted by molar-refractivity contribution is 7.13. The van der Waals surface area contributed by atoms with Crippen LogP contribution in [0, 0.1) is 0 Å². The third-order valence-corrected chi connectivity index (χ3v) is 5.44. The van der Waals surface area contributed by atoms with Gasteiger partial charge >= 0.3 is 6.09 Å². The van der Waals surface area contributed by atoms with Gasteiger partial charge in [0, 0.05) is 40.5 Å². The first-order valence-electron chi connectivity index (χ1n) is 9.40. The van der Waals surface area contributed by atoms with Gasteiger partial charge in [0.1, 0.15) is 11.5 Å². The maximum atomic E-state index is 12.2. The number of ether oxygens (including phenoxy) is 2. The van der Waals surface area contributed by atoms with Gasteiger partial charge in [0.15, 0.2) is 0 Å². The number of methoxy groups -OCH3 is 1. The van der Waals surface area contributed by atoms with Crippen LogP contribution in [0.3, 0.4) is 0 Å². The average Bonchev–Trinajstić information content (AvgIpc) is 3.34. The van der Waals surface area contributed by atoms with Gasteiger partial charge in [0.25, 0.3) is 0 Å². The fourth-order valence-electron chi connectivity index (χ4n) is 3.05. The predicted molar refractivity (Wildman–Crippen MR) is 119 cm³/mol. The number of nitrogens with zero attached hydrogens (tertiary/aromatic N) is 1. The van der Waals surface area contributed by atoms with E-state index in [4.69, 9.17) is 9.47 Å². The summed E-state index contributed by atoms with van der Waals surface area (Å²) in [5, 5.41) is 4.79. The summed E-state index contributed by atoms with van der Waals surface area (Å²) < 4.78 is 11.0. The molecule has 1 amide bonds. The Morgan fingerprint density at radius 1 is 1.00 bits per heavy atom. The van der Waals surface area contributed by atoms with Crippen molar-refractivity contribution in [1.82, 2.24) is 10.3 Å². The zero-order valence-corrected chi connectivity index (χ0v) is 17.2. The number of benzene rings is 2. The molecule has 0 saturated heterocycles. The van der Waals surface area contributed by atoms with E-state index < -0.39 is 6.09 Å². The number of hydrogen-bond donors (Lipinski definition) is 1. The normalized spacial score (nSPS) is 10.4. The second kappa shape index (κ2) is 9.24. The van der Waals surface area contributed by atoms with Crippen molar-refractivity contribution in [1.29, 1.82) is 0 Å². The summed E-state index contributed by atoms with van der Waals surface area (Å²) in [7, 11) is 1.61. The number of aromatic nitrogens is 1. The molecule has 0 fully saturated rings. The van der Waals surface area contributed by atoms with Gasteiger partial charge in [-0.15, -0.1) is 11.3 Å². The van der Waals surface area contributed by atoms with Crippen molar-refractivity contribution in [3.05, 3.63) is 90.1 Å². The molecule has 4 rings (SSSR count). The molecule has 6 heteroatoms. The predicted octanol–water partition coefficient (Wildman–Crippen LogP) is 5.77. The molecule has 0 atom stereocenters. The van der Waals surface area contributed by atoms with Gasteiger partial charge in [0.2, 0.25) is 0 Å².